The zero-order valence-corrected chi connectivity index (χ0v) is 13.1. The maximum atomic E-state index is 5.85. The molecule has 2 N–H and O–H groups in total. The molecule has 1 aromatic heterocycles. The summed E-state index contributed by atoms with van der Waals surface area (Å²) in [4.78, 5) is 3.69. The second kappa shape index (κ2) is 6.77. The Labute approximate surface area is 125 Å². The van der Waals surface area contributed by atoms with Crippen LogP contribution in [0.25, 0.3) is 0 Å². The van der Waals surface area contributed by atoms with Crippen LogP contribution in [0.15, 0.2) is 35.7 Å². The van der Waals surface area contributed by atoms with Crippen LogP contribution < -0.4 is 15.4 Å². The Morgan fingerprint density at radius 3 is 2.75 bits per heavy atom. The predicted octanol–water partition coefficient (Wildman–Crippen LogP) is 3.28. The van der Waals surface area contributed by atoms with Gasteiger partial charge in [0.25, 0.3) is 0 Å². The summed E-state index contributed by atoms with van der Waals surface area (Å²) in [5.41, 5.74) is 8.14. The number of nitrogens with zero attached hydrogens (tertiary/aromatic N) is 1. The van der Waals surface area contributed by atoms with Gasteiger partial charge in [0.15, 0.2) is 0 Å². The van der Waals surface area contributed by atoms with Gasteiger partial charge >= 0.3 is 0 Å². The second-order valence-electron chi connectivity index (χ2n) is 4.94. The molecular weight excluding hydrogens is 268 g/mol. The van der Waals surface area contributed by atoms with Crippen molar-refractivity contribution < 1.29 is 4.74 Å². The number of methoxy groups -OCH3 is 1. The van der Waals surface area contributed by atoms with Gasteiger partial charge in [0, 0.05) is 42.7 Å². The van der Waals surface area contributed by atoms with Gasteiger partial charge in [-0.25, -0.2) is 0 Å². The van der Waals surface area contributed by atoms with E-state index in [1.807, 2.05) is 12.1 Å². The molecule has 1 unspecified atom stereocenters. The number of benzene rings is 1. The maximum absolute atomic E-state index is 5.85. The topological polar surface area (TPSA) is 38.5 Å². The number of anilines is 1. The molecule has 1 atom stereocenters. The van der Waals surface area contributed by atoms with Crippen LogP contribution in [0.4, 0.5) is 5.69 Å². The quantitative estimate of drug-likeness (QED) is 0.887. The van der Waals surface area contributed by atoms with Crippen LogP contribution in [0.1, 0.15) is 17.4 Å². The smallest absolute Gasteiger partial charge is 0.120 e. The van der Waals surface area contributed by atoms with E-state index in [1.165, 1.54) is 4.88 Å². The molecule has 0 saturated heterocycles. The Bertz CT molecular complexity index is 539. The van der Waals surface area contributed by atoms with Crippen molar-refractivity contribution in [1.82, 2.24) is 0 Å². The first-order chi connectivity index (χ1) is 9.65. The fraction of sp³-hybridized carbons (Fsp3) is 0.375. The van der Waals surface area contributed by atoms with Gasteiger partial charge in [0.2, 0.25) is 0 Å². The van der Waals surface area contributed by atoms with Crippen LogP contribution in [0.2, 0.25) is 0 Å². The minimum atomic E-state index is 0.408. The van der Waals surface area contributed by atoms with Gasteiger partial charge in [0.1, 0.15) is 5.75 Å². The van der Waals surface area contributed by atoms with Gasteiger partial charge in [-0.1, -0.05) is 12.1 Å². The van der Waals surface area contributed by atoms with Crippen LogP contribution in [0.5, 0.6) is 5.75 Å². The zero-order chi connectivity index (χ0) is 14.5. The summed E-state index contributed by atoms with van der Waals surface area (Å²) in [5.74, 6) is 0.868. The molecule has 1 aromatic carbocycles. The number of rotatable bonds is 6. The summed E-state index contributed by atoms with van der Waals surface area (Å²) in [6.07, 6.45) is 1.04. The van der Waals surface area contributed by atoms with Crippen molar-refractivity contribution in [3.63, 3.8) is 0 Å². The molecule has 0 saturated carbocycles. The Morgan fingerprint density at radius 2 is 2.15 bits per heavy atom. The van der Waals surface area contributed by atoms with Gasteiger partial charge in [0.05, 0.1) is 7.11 Å². The van der Waals surface area contributed by atoms with E-state index in [1.54, 1.807) is 18.4 Å². The minimum Gasteiger partial charge on any atom is -0.497 e. The SMILES string of the molecule is COc1ccc(CN)c(N(C)C(C)Cc2cccs2)c1. The van der Waals surface area contributed by atoms with Crippen molar-refractivity contribution in [2.75, 3.05) is 19.1 Å². The average Bonchev–Trinajstić information content (AvgIpc) is 2.98. The lowest BCUT2D eigenvalue weighted by atomic mass is 10.1. The maximum Gasteiger partial charge on any atom is 0.120 e. The highest BCUT2D eigenvalue weighted by atomic mass is 32.1. The Morgan fingerprint density at radius 1 is 1.35 bits per heavy atom. The molecule has 0 radical (unpaired) electrons. The van der Waals surface area contributed by atoms with E-state index in [9.17, 15) is 0 Å². The standard InChI is InChI=1S/C16H22N2OS/c1-12(9-15-5-4-8-20-15)18(2)16-10-14(19-3)7-6-13(16)11-17/h4-8,10,12H,9,11,17H2,1-3H3. The summed E-state index contributed by atoms with van der Waals surface area (Å²) in [6.45, 7) is 2.77. The molecule has 108 valence electrons. The van der Waals surface area contributed by atoms with Crippen LogP contribution in [0, 0.1) is 0 Å². The van der Waals surface area contributed by atoms with E-state index >= 15 is 0 Å². The molecule has 0 bridgehead atoms. The number of thiophene rings is 1. The van der Waals surface area contributed by atoms with Crippen molar-refractivity contribution >= 4 is 17.0 Å². The number of nitrogens with two attached hydrogens (primary N) is 1. The molecule has 0 aliphatic heterocycles. The fourth-order valence-electron chi connectivity index (χ4n) is 2.27. The summed E-state index contributed by atoms with van der Waals surface area (Å²) in [6, 6.07) is 10.8. The van der Waals surface area contributed by atoms with E-state index in [0.717, 1.165) is 23.4 Å². The average molecular weight is 290 g/mol. The third-order valence-electron chi connectivity index (χ3n) is 3.63. The van der Waals surface area contributed by atoms with Crippen LogP contribution in [-0.4, -0.2) is 20.2 Å². The highest BCUT2D eigenvalue weighted by Gasteiger charge is 2.15. The highest BCUT2D eigenvalue weighted by molar-refractivity contribution is 7.09. The molecular formula is C16H22N2OS. The van der Waals surface area contributed by atoms with Gasteiger partial charge in [-0.15, -0.1) is 11.3 Å². The first-order valence-electron chi connectivity index (χ1n) is 6.78. The van der Waals surface area contributed by atoms with E-state index < -0.39 is 0 Å². The van der Waals surface area contributed by atoms with Crippen molar-refractivity contribution in [2.24, 2.45) is 5.73 Å². The second-order valence-corrected chi connectivity index (χ2v) is 5.97. The van der Waals surface area contributed by atoms with Gasteiger partial charge < -0.3 is 15.4 Å². The monoisotopic (exact) mass is 290 g/mol. The lowest BCUT2D eigenvalue weighted by Gasteiger charge is -2.29. The molecule has 0 aliphatic rings. The lowest BCUT2D eigenvalue weighted by Crippen LogP contribution is -2.31. The van der Waals surface area contributed by atoms with E-state index in [-0.39, 0.29) is 0 Å². The van der Waals surface area contributed by atoms with Crippen molar-refractivity contribution in [2.45, 2.75) is 25.9 Å². The van der Waals surface area contributed by atoms with Gasteiger partial charge in [-0.2, -0.15) is 0 Å². The predicted molar refractivity (Wildman–Crippen MR) is 86.8 cm³/mol. The highest BCUT2D eigenvalue weighted by Crippen LogP contribution is 2.27. The number of hydrogen-bond acceptors (Lipinski definition) is 4. The number of likely N-dealkylation sites (N-methyl/N-ethyl adjacent to an activating group) is 1. The third-order valence-corrected chi connectivity index (χ3v) is 4.53. The molecule has 3 nitrogen and oxygen atoms in total. The molecule has 20 heavy (non-hydrogen) atoms. The Kier molecular flexibility index (Phi) is 5.04. The lowest BCUT2D eigenvalue weighted by molar-refractivity contribution is 0.414. The summed E-state index contributed by atoms with van der Waals surface area (Å²) in [7, 11) is 3.81. The van der Waals surface area contributed by atoms with E-state index in [0.29, 0.717) is 12.6 Å². The van der Waals surface area contributed by atoms with E-state index in [2.05, 4.69) is 42.5 Å². The Hall–Kier alpha value is -1.52. The molecule has 0 spiro atoms. The molecule has 0 fully saturated rings. The first-order valence-corrected chi connectivity index (χ1v) is 7.66. The zero-order valence-electron chi connectivity index (χ0n) is 12.3. The van der Waals surface area contributed by atoms with Crippen molar-refractivity contribution in [3.05, 3.63) is 46.2 Å². The number of hydrogen-bond donors (Lipinski definition) is 1. The largest absolute Gasteiger partial charge is 0.497 e. The molecule has 4 heteroatoms. The molecule has 2 rings (SSSR count). The normalized spacial score (nSPS) is 12.2. The summed E-state index contributed by atoms with van der Waals surface area (Å²) < 4.78 is 5.32. The minimum absolute atomic E-state index is 0.408. The fourth-order valence-corrected chi connectivity index (χ4v) is 3.09. The van der Waals surface area contributed by atoms with Crippen LogP contribution >= 0.6 is 11.3 Å². The van der Waals surface area contributed by atoms with E-state index in [4.69, 9.17) is 10.5 Å². The summed E-state index contributed by atoms with van der Waals surface area (Å²) in [5, 5.41) is 2.12. The number of ether oxygens (including phenoxy) is 1. The van der Waals surface area contributed by atoms with Crippen molar-refractivity contribution in [1.29, 1.82) is 0 Å². The summed E-state index contributed by atoms with van der Waals surface area (Å²) >= 11 is 1.81. The van der Waals surface area contributed by atoms with Crippen LogP contribution in [0.3, 0.4) is 0 Å². The van der Waals surface area contributed by atoms with Crippen molar-refractivity contribution in [3.8, 4) is 5.75 Å². The first kappa shape index (κ1) is 14.9. The molecule has 0 amide bonds. The Balaban J connectivity index is 2.20. The van der Waals surface area contributed by atoms with Crippen LogP contribution in [-0.2, 0) is 13.0 Å². The third kappa shape index (κ3) is 3.32. The molecule has 2 aromatic rings. The molecule has 1 heterocycles. The molecule has 0 aliphatic carbocycles. The van der Waals surface area contributed by atoms with Gasteiger partial charge in [-0.3, -0.25) is 0 Å². The van der Waals surface area contributed by atoms with Gasteiger partial charge in [-0.05, 0) is 30.0 Å².